The van der Waals surface area contributed by atoms with E-state index in [0.717, 1.165) is 10.8 Å². The molecular formula is C25H27N3O5S. The molecule has 0 saturated carbocycles. The van der Waals surface area contributed by atoms with E-state index in [9.17, 15) is 18.4 Å². The molecule has 0 radical (unpaired) electrons. The molecule has 1 unspecified atom stereocenters. The number of nitrogens with zero attached hydrogens (tertiary/aromatic N) is 2. The van der Waals surface area contributed by atoms with E-state index in [1.165, 1.54) is 4.31 Å². The van der Waals surface area contributed by atoms with Crippen molar-refractivity contribution >= 4 is 45.4 Å². The number of carbonyl (C=O) groups is 2. The predicted octanol–water partition coefficient (Wildman–Crippen LogP) is 4.66. The van der Waals surface area contributed by atoms with Crippen molar-refractivity contribution in [2.75, 3.05) is 29.3 Å². The summed E-state index contributed by atoms with van der Waals surface area (Å²) in [7, 11) is 0. The average molecular weight is 482 g/mol. The molecule has 178 valence electrons. The number of ether oxygens (including phenoxy) is 1. The number of nitrogens with one attached hydrogen (secondary N) is 1. The zero-order chi connectivity index (χ0) is 24.1. The topological polar surface area (TPSA) is 99.2 Å². The third kappa shape index (κ3) is 5.05. The van der Waals surface area contributed by atoms with Crippen LogP contribution in [-0.4, -0.2) is 51.4 Å². The van der Waals surface area contributed by atoms with Crippen LogP contribution in [0.15, 0.2) is 66.7 Å². The van der Waals surface area contributed by atoms with E-state index in [2.05, 4.69) is 5.32 Å². The van der Waals surface area contributed by atoms with Crippen LogP contribution in [0.4, 0.5) is 16.2 Å². The highest BCUT2D eigenvalue weighted by Crippen LogP contribution is 2.36. The number of piperidine rings is 1. The van der Waals surface area contributed by atoms with Gasteiger partial charge in [-0.3, -0.25) is 13.7 Å². The van der Waals surface area contributed by atoms with E-state index >= 15 is 0 Å². The maximum atomic E-state index is 12.7. The number of carbonyl (C=O) groups excluding carboxylic acids is 2. The van der Waals surface area contributed by atoms with Gasteiger partial charge in [-0.15, -0.1) is 0 Å². The molecule has 1 atom stereocenters. The van der Waals surface area contributed by atoms with Crippen LogP contribution in [0.25, 0.3) is 10.8 Å². The van der Waals surface area contributed by atoms with E-state index in [1.807, 2.05) is 30.3 Å². The first-order valence-electron chi connectivity index (χ1n) is 11.2. The number of hydrogen-bond donors (Lipinski definition) is 2. The fraction of sp³-hybridized carbons (Fsp3) is 0.280. The molecule has 1 aliphatic heterocycles. The molecule has 1 heterocycles. The summed E-state index contributed by atoms with van der Waals surface area (Å²) in [5, 5.41) is 4.47. The van der Waals surface area contributed by atoms with Crippen molar-refractivity contribution in [3.8, 4) is 0 Å². The largest absolute Gasteiger partial charge is 0.450 e. The lowest BCUT2D eigenvalue weighted by atomic mass is 10.0. The molecule has 9 heteroatoms. The maximum Gasteiger partial charge on any atom is 0.409 e. The van der Waals surface area contributed by atoms with Crippen molar-refractivity contribution in [2.24, 2.45) is 0 Å². The normalized spacial score (nSPS) is 15.1. The Labute approximate surface area is 200 Å². The van der Waals surface area contributed by atoms with Gasteiger partial charge in [-0.25, -0.2) is 9.00 Å². The number of benzene rings is 3. The van der Waals surface area contributed by atoms with Gasteiger partial charge in [0.2, 0.25) is 0 Å². The number of anilines is 2. The number of amides is 2. The Morgan fingerprint density at radius 2 is 1.68 bits per heavy atom. The molecule has 1 fully saturated rings. The molecule has 0 spiro atoms. The molecule has 4 rings (SSSR count). The summed E-state index contributed by atoms with van der Waals surface area (Å²) >= 11 is -2.27. The van der Waals surface area contributed by atoms with Gasteiger partial charge in [-0.1, -0.05) is 42.5 Å². The van der Waals surface area contributed by atoms with Crippen LogP contribution in [-0.2, 0) is 16.0 Å². The zero-order valence-electron chi connectivity index (χ0n) is 18.8. The van der Waals surface area contributed by atoms with Crippen LogP contribution in [0.5, 0.6) is 0 Å². The zero-order valence-corrected chi connectivity index (χ0v) is 19.7. The smallest absolute Gasteiger partial charge is 0.409 e. The van der Waals surface area contributed by atoms with Crippen LogP contribution < -0.4 is 9.62 Å². The summed E-state index contributed by atoms with van der Waals surface area (Å²) in [5.41, 5.74) is 1.76. The summed E-state index contributed by atoms with van der Waals surface area (Å²) < 4.78 is 29.3. The second-order valence-corrected chi connectivity index (χ2v) is 8.83. The van der Waals surface area contributed by atoms with Crippen LogP contribution >= 0.6 is 0 Å². The standard InChI is InChI=1S/C25H27N3O5S/c1-2-33-25(30)27-16-14-19(15-17-27)28(34(31)32)23-13-12-22(20-10-6-7-11-21(20)23)26-24(29)18-8-4-3-5-9-18/h3-13,19H,2,14-17H2,1H3,(H,26,29)(H,31,32). The van der Waals surface area contributed by atoms with E-state index in [-0.39, 0.29) is 18.0 Å². The first-order chi connectivity index (χ1) is 16.5. The average Bonchev–Trinajstić information content (AvgIpc) is 2.86. The monoisotopic (exact) mass is 481 g/mol. The quantitative estimate of drug-likeness (QED) is 0.499. The van der Waals surface area contributed by atoms with E-state index in [0.29, 0.717) is 49.5 Å². The minimum Gasteiger partial charge on any atom is -0.450 e. The summed E-state index contributed by atoms with van der Waals surface area (Å²) in [6.07, 6.45) is 0.708. The number of likely N-dealkylation sites (tertiary alicyclic amines) is 1. The van der Waals surface area contributed by atoms with Crippen LogP contribution in [0, 0.1) is 0 Å². The fourth-order valence-electron chi connectivity index (χ4n) is 4.27. The number of hydrogen-bond acceptors (Lipinski definition) is 4. The Morgan fingerprint density at radius 3 is 2.32 bits per heavy atom. The lowest BCUT2D eigenvalue weighted by Gasteiger charge is -2.37. The molecule has 2 N–H and O–H groups in total. The Bertz CT molecular complexity index is 1200. The third-order valence-corrected chi connectivity index (χ3v) is 6.74. The van der Waals surface area contributed by atoms with Gasteiger partial charge in [0.05, 0.1) is 12.3 Å². The molecule has 0 aromatic heterocycles. The minimum atomic E-state index is -2.27. The van der Waals surface area contributed by atoms with Gasteiger partial charge in [0.1, 0.15) is 0 Å². The van der Waals surface area contributed by atoms with Crippen molar-refractivity contribution in [3.05, 3.63) is 72.3 Å². The second kappa shape index (κ2) is 10.7. The van der Waals surface area contributed by atoms with Gasteiger partial charge < -0.3 is 15.0 Å². The molecule has 1 saturated heterocycles. The van der Waals surface area contributed by atoms with Crippen LogP contribution in [0.1, 0.15) is 30.1 Å². The van der Waals surface area contributed by atoms with Crippen LogP contribution in [0.2, 0.25) is 0 Å². The summed E-state index contributed by atoms with van der Waals surface area (Å²) in [6.45, 7) is 2.96. The summed E-state index contributed by atoms with van der Waals surface area (Å²) in [4.78, 5) is 26.4. The Balaban J connectivity index is 1.62. The SMILES string of the molecule is CCOC(=O)N1CCC(N(c2ccc(NC(=O)c3ccccc3)c3ccccc23)S(=O)O)CC1. The molecule has 3 aromatic carbocycles. The van der Waals surface area contributed by atoms with Gasteiger partial charge in [0.15, 0.2) is 0 Å². The fourth-order valence-corrected chi connectivity index (χ4v) is 5.07. The van der Waals surface area contributed by atoms with Crippen LogP contribution in [0.3, 0.4) is 0 Å². The third-order valence-electron chi connectivity index (χ3n) is 5.91. The Hall–Kier alpha value is -3.43. The molecule has 34 heavy (non-hydrogen) atoms. The Kier molecular flexibility index (Phi) is 7.44. The predicted molar refractivity (Wildman–Crippen MR) is 133 cm³/mol. The van der Waals surface area contributed by atoms with E-state index in [1.54, 1.807) is 48.2 Å². The van der Waals surface area contributed by atoms with Crippen molar-refractivity contribution in [1.82, 2.24) is 4.90 Å². The van der Waals surface area contributed by atoms with Crippen molar-refractivity contribution in [3.63, 3.8) is 0 Å². The van der Waals surface area contributed by atoms with Crippen molar-refractivity contribution in [2.45, 2.75) is 25.8 Å². The van der Waals surface area contributed by atoms with Gasteiger partial charge in [0, 0.05) is 41.2 Å². The Morgan fingerprint density at radius 1 is 1.03 bits per heavy atom. The second-order valence-electron chi connectivity index (χ2n) is 7.97. The summed E-state index contributed by atoms with van der Waals surface area (Å²) in [6, 6.07) is 19.7. The van der Waals surface area contributed by atoms with Crippen molar-refractivity contribution < 1.29 is 23.1 Å². The van der Waals surface area contributed by atoms with Gasteiger partial charge in [0.25, 0.3) is 17.2 Å². The van der Waals surface area contributed by atoms with E-state index < -0.39 is 11.3 Å². The van der Waals surface area contributed by atoms with Crippen molar-refractivity contribution in [1.29, 1.82) is 0 Å². The maximum absolute atomic E-state index is 12.7. The number of rotatable bonds is 6. The molecule has 0 bridgehead atoms. The molecule has 3 aromatic rings. The molecule has 0 aliphatic carbocycles. The first-order valence-corrected chi connectivity index (χ1v) is 12.3. The minimum absolute atomic E-state index is 0.229. The molecule has 2 amide bonds. The van der Waals surface area contributed by atoms with E-state index in [4.69, 9.17) is 4.74 Å². The first kappa shape index (κ1) is 23.7. The van der Waals surface area contributed by atoms with Gasteiger partial charge in [-0.05, 0) is 44.0 Å². The molecule has 1 aliphatic rings. The highest BCUT2D eigenvalue weighted by Gasteiger charge is 2.31. The van der Waals surface area contributed by atoms with Gasteiger partial charge in [-0.2, -0.15) is 0 Å². The number of fused-ring (bicyclic) bond motifs is 1. The lowest BCUT2D eigenvalue weighted by molar-refractivity contribution is 0.0975. The molecule has 8 nitrogen and oxygen atoms in total. The summed E-state index contributed by atoms with van der Waals surface area (Å²) in [5.74, 6) is -0.229. The lowest BCUT2D eigenvalue weighted by Crippen LogP contribution is -2.47. The molecular weight excluding hydrogens is 454 g/mol. The highest BCUT2D eigenvalue weighted by molar-refractivity contribution is 7.80. The van der Waals surface area contributed by atoms with Gasteiger partial charge >= 0.3 is 6.09 Å². The highest BCUT2D eigenvalue weighted by atomic mass is 32.2.